The van der Waals surface area contributed by atoms with Crippen LogP contribution in [0.1, 0.15) is 33.3 Å². The van der Waals surface area contributed by atoms with E-state index in [-0.39, 0.29) is 12.1 Å². The maximum Gasteiger partial charge on any atom is 0.410 e. The first kappa shape index (κ1) is 15.8. The zero-order chi connectivity index (χ0) is 15.5. The third-order valence-corrected chi connectivity index (χ3v) is 3.59. The molecule has 0 saturated carbocycles. The molecule has 1 fully saturated rings. The summed E-state index contributed by atoms with van der Waals surface area (Å²) in [6.45, 7) is 11.2. The summed E-state index contributed by atoms with van der Waals surface area (Å²) in [6, 6.07) is 10.6. The van der Waals surface area contributed by atoms with Gasteiger partial charge in [-0.3, -0.25) is 4.90 Å². The molecule has 0 N–H and O–H groups in total. The average Bonchev–Trinajstić information content (AvgIpc) is 2.37. The van der Waals surface area contributed by atoms with E-state index in [1.165, 1.54) is 5.56 Å². The summed E-state index contributed by atoms with van der Waals surface area (Å²) in [6.07, 6.45) is -0.200. The highest BCUT2D eigenvalue weighted by molar-refractivity contribution is 5.68. The molecule has 1 aromatic rings. The molecule has 116 valence electrons. The van der Waals surface area contributed by atoms with Crippen LogP contribution in [0.15, 0.2) is 30.3 Å². The second kappa shape index (κ2) is 6.48. The molecule has 0 radical (unpaired) electrons. The Labute approximate surface area is 127 Å². The van der Waals surface area contributed by atoms with E-state index in [1.807, 2.05) is 31.7 Å². The maximum absolute atomic E-state index is 12.2. The Morgan fingerprint density at radius 1 is 1.24 bits per heavy atom. The van der Waals surface area contributed by atoms with Crippen LogP contribution in [0.25, 0.3) is 0 Å². The van der Waals surface area contributed by atoms with Gasteiger partial charge in [-0.1, -0.05) is 30.3 Å². The minimum atomic E-state index is -0.433. The van der Waals surface area contributed by atoms with Crippen LogP contribution in [0.4, 0.5) is 4.79 Å². The van der Waals surface area contributed by atoms with Gasteiger partial charge in [0.05, 0.1) is 0 Å². The monoisotopic (exact) mass is 290 g/mol. The summed E-state index contributed by atoms with van der Waals surface area (Å²) in [7, 11) is 0. The Hall–Kier alpha value is -1.55. The van der Waals surface area contributed by atoms with E-state index in [0.717, 1.165) is 26.2 Å². The highest BCUT2D eigenvalue weighted by Crippen LogP contribution is 2.17. The van der Waals surface area contributed by atoms with Crippen molar-refractivity contribution in [2.75, 3.05) is 19.6 Å². The molecule has 1 atom stereocenters. The first-order chi connectivity index (χ1) is 9.85. The lowest BCUT2D eigenvalue weighted by atomic mass is 10.1. The predicted molar refractivity (Wildman–Crippen MR) is 84.1 cm³/mol. The van der Waals surface area contributed by atoms with Gasteiger partial charge in [0.1, 0.15) is 5.60 Å². The lowest BCUT2D eigenvalue weighted by Gasteiger charge is -2.40. The summed E-state index contributed by atoms with van der Waals surface area (Å²) in [5.41, 5.74) is 0.883. The van der Waals surface area contributed by atoms with Crippen LogP contribution >= 0.6 is 0 Å². The minimum Gasteiger partial charge on any atom is -0.444 e. The third kappa shape index (κ3) is 4.74. The van der Waals surface area contributed by atoms with Gasteiger partial charge in [0, 0.05) is 32.2 Å². The summed E-state index contributed by atoms with van der Waals surface area (Å²) < 4.78 is 5.47. The van der Waals surface area contributed by atoms with Gasteiger partial charge in [-0.15, -0.1) is 0 Å². The smallest absolute Gasteiger partial charge is 0.410 e. The summed E-state index contributed by atoms with van der Waals surface area (Å²) in [5, 5.41) is 0. The Kier molecular flexibility index (Phi) is 4.88. The Morgan fingerprint density at radius 2 is 1.90 bits per heavy atom. The number of carbonyl (C=O) groups is 1. The van der Waals surface area contributed by atoms with Crippen molar-refractivity contribution >= 4 is 6.09 Å². The van der Waals surface area contributed by atoms with Gasteiger partial charge in [0.25, 0.3) is 0 Å². The van der Waals surface area contributed by atoms with E-state index in [1.54, 1.807) is 0 Å². The number of ether oxygens (including phenoxy) is 1. The van der Waals surface area contributed by atoms with Crippen LogP contribution in [-0.4, -0.2) is 47.2 Å². The van der Waals surface area contributed by atoms with E-state index < -0.39 is 5.60 Å². The van der Waals surface area contributed by atoms with Gasteiger partial charge in [-0.25, -0.2) is 4.79 Å². The molecule has 2 rings (SSSR count). The molecule has 1 aromatic carbocycles. The molecule has 1 amide bonds. The Balaban J connectivity index is 1.89. The van der Waals surface area contributed by atoms with Crippen molar-refractivity contribution in [2.24, 2.45) is 0 Å². The van der Waals surface area contributed by atoms with Crippen molar-refractivity contribution in [3.05, 3.63) is 35.9 Å². The van der Waals surface area contributed by atoms with Crippen molar-refractivity contribution in [1.82, 2.24) is 9.80 Å². The van der Waals surface area contributed by atoms with Crippen molar-refractivity contribution < 1.29 is 9.53 Å². The molecule has 21 heavy (non-hydrogen) atoms. The summed E-state index contributed by atoms with van der Waals surface area (Å²) in [5.74, 6) is 0. The van der Waals surface area contributed by atoms with E-state index in [9.17, 15) is 4.79 Å². The quantitative estimate of drug-likeness (QED) is 0.839. The van der Waals surface area contributed by atoms with Crippen LogP contribution in [0.5, 0.6) is 0 Å². The minimum absolute atomic E-state index is 0.178. The average molecular weight is 290 g/mol. The van der Waals surface area contributed by atoms with Gasteiger partial charge in [0.2, 0.25) is 0 Å². The van der Waals surface area contributed by atoms with Crippen molar-refractivity contribution in [3.63, 3.8) is 0 Å². The molecule has 0 bridgehead atoms. The summed E-state index contributed by atoms with van der Waals surface area (Å²) in [4.78, 5) is 16.4. The molecular formula is C17H26N2O2. The topological polar surface area (TPSA) is 32.8 Å². The molecule has 0 spiro atoms. The number of carbonyl (C=O) groups excluding carboxylic acids is 1. The summed E-state index contributed by atoms with van der Waals surface area (Å²) >= 11 is 0. The van der Waals surface area contributed by atoms with Crippen molar-refractivity contribution in [2.45, 2.75) is 45.9 Å². The van der Waals surface area contributed by atoms with E-state index in [2.05, 4.69) is 36.1 Å². The fourth-order valence-electron chi connectivity index (χ4n) is 2.61. The number of nitrogens with zero attached hydrogens (tertiary/aromatic N) is 2. The van der Waals surface area contributed by atoms with Gasteiger partial charge in [-0.2, -0.15) is 0 Å². The Morgan fingerprint density at radius 3 is 2.48 bits per heavy atom. The van der Waals surface area contributed by atoms with E-state index >= 15 is 0 Å². The maximum atomic E-state index is 12.2. The largest absolute Gasteiger partial charge is 0.444 e. The molecule has 4 heteroatoms. The number of piperazine rings is 1. The van der Waals surface area contributed by atoms with E-state index in [4.69, 9.17) is 4.74 Å². The normalized spacial score (nSPS) is 20.4. The second-order valence-electron chi connectivity index (χ2n) is 6.74. The number of hydrogen-bond donors (Lipinski definition) is 0. The molecule has 1 aliphatic rings. The first-order valence-corrected chi connectivity index (χ1v) is 7.61. The fraction of sp³-hybridized carbons (Fsp3) is 0.588. The molecule has 0 aliphatic carbocycles. The van der Waals surface area contributed by atoms with Gasteiger partial charge in [0.15, 0.2) is 0 Å². The Bertz CT molecular complexity index is 467. The first-order valence-electron chi connectivity index (χ1n) is 7.61. The highest BCUT2D eigenvalue weighted by atomic mass is 16.6. The number of amides is 1. The number of hydrogen-bond acceptors (Lipinski definition) is 3. The third-order valence-electron chi connectivity index (χ3n) is 3.59. The van der Waals surface area contributed by atoms with Crippen LogP contribution in [0, 0.1) is 0 Å². The molecule has 1 heterocycles. The molecule has 1 saturated heterocycles. The lowest BCUT2D eigenvalue weighted by molar-refractivity contribution is 0.000564. The SMILES string of the molecule is C[C@H]1CN(Cc2ccccc2)CCN1C(=O)OC(C)(C)C. The zero-order valence-corrected chi connectivity index (χ0v) is 13.5. The van der Waals surface area contributed by atoms with Crippen LogP contribution < -0.4 is 0 Å². The van der Waals surface area contributed by atoms with Crippen LogP contribution in [0.2, 0.25) is 0 Å². The van der Waals surface area contributed by atoms with Crippen molar-refractivity contribution in [1.29, 1.82) is 0 Å². The van der Waals surface area contributed by atoms with E-state index in [0.29, 0.717) is 0 Å². The molecular weight excluding hydrogens is 264 g/mol. The number of benzene rings is 1. The molecule has 1 aliphatic heterocycles. The van der Waals surface area contributed by atoms with Crippen molar-refractivity contribution in [3.8, 4) is 0 Å². The molecule has 4 nitrogen and oxygen atoms in total. The van der Waals surface area contributed by atoms with Gasteiger partial charge >= 0.3 is 6.09 Å². The molecule has 0 aromatic heterocycles. The van der Waals surface area contributed by atoms with Crippen LogP contribution in [0.3, 0.4) is 0 Å². The highest BCUT2D eigenvalue weighted by Gasteiger charge is 2.30. The predicted octanol–water partition coefficient (Wildman–Crippen LogP) is 3.13. The zero-order valence-electron chi connectivity index (χ0n) is 13.5. The fourth-order valence-corrected chi connectivity index (χ4v) is 2.61. The number of rotatable bonds is 2. The molecule has 0 unspecified atom stereocenters. The van der Waals surface area contributed by atoms with Gasteiger partial charge < -0.3 is 9.64 Å². The van der Waals surface area contributed by atoms with Gasteiger partial charge in [-0.05, 0) is 33.3 Å². The lowest BCUT2D eigenvalue weighted by Crippen LogP contribution is -2.54. The second-order valence-corrected chi connectivity index (χ2v) is 6.74. The van der Waals surface area contributed by atoms with Crippen LogP contribution in [-0.2, 0) is 11.3 Å². The standard InChI is InChI=1S/C17H26N2O2/c1-14-12-18(13-15-8-6-5-7-9-15)10-11-19(14)16(20)21-17(2,3)4/h5-9,14H,10-13H2,1-4H3/t14-/m0/s1.